The van der Waals surface area contributed by atoms with Crippen molar-refractivity contribution in [2.75, 3.05) is 26.3 Å². The van der Waals surface area contributed by atoms with Crippen LogP contribution in [0.2, 0.25) is 5.02 Å². The van der Waals surface area contributed by atoms with Crippen LogP contribution in [0.1, 0.15) is 32.8 Å². The van der Waals surface area contributed by atoms with Crippen LogP contribution >= 0.6 is 11.6 Å². The van der Waals surface area contributed by atoms with E-state index in [0.29, 0.717) is 5.92 Å². The van der Waals surface area contributed by atoms with Crippen LogP contribution in [0.5, 0.6) is 0 Å². The lowest BCUT2D eigenvalue weighted by Crippen LogP contribution is -2.39. The molecule has 1 saturated heterocycles. The van der Waals surface area contributed by atoms with Gasteiger partial charge in [0.2, 0.25) is 0 Å². The van der Waals surface area contributed by atoms with E-state index in [-0.39, 0.29) is 5.54 Å². The maximum atomic E-state index is 6.05. The molecule has 0 bridgehead atoms. The maximum Gasteiger partial charge on any atom is 0.0507 e. The van der Waals surface area contributed by atoms with E-state index < -0.39 is 0 Å². The fourth-order valence-electron chi connectivity index (χ4n) is 3.21. The lowest BCUT2D eigenvalue weighted by molar-refractivity contribution is 0.112. The first-order chi connectivity index (χ1) is 9.51. The summed E-state index contributed by atoms with van der Waals surface area (Å²) >= 11 is 6.05. The molecule has 0 spiro atoms. The van der Waals surface area contributed by atoms with Gasteiger partial charge in [-0.25, -0.2) is 0 Å². The number of halogens is 1. The molecule has 0 radical (unpaired) electrons. The van der Waals surface area contributed by atoms with Crippen molar-refractivity contribution in [2.45, 2.75) is 39.2 Å². The highest BCUT2D eigenvalue weighted by molar-refractivity contribution is 6.30. The molecular weight excluding hydrogens is 270 g/mol. The fourth-order valence-corrected chi connectivity index (χ4v) is 3.42. The number of benzene rings is 1. The van der Waals surface area contributed by atoms with E-state index >= 15 is 0 Å². The van der Waals surface area contributed by atoms with Crippen LogP contribution in [-0.4, -0.2) is 36.7 Å². The first-order valence-corrected chi connectivity index (χ1v) is 7.96. The van der Waals surface area contributed by atoms with Gasteiger partial charge in [0.25, 0.3) is 0 Å². The number of ether oxygens (including phenoxy) is 1. The maximum absolute atomic E-state index is 6.05. The molecule has 1 aliphatic rings. The highest BCUT2D eigenvalue weighted by Gasteiger charge is 2.37. The molecule has 0 N–H and O–H groups in total. The monoisotopic (exact) mass is 295 g/mol. The molecule has 0 saturated carbocycles. The van der Waals surface area contributed by atoms with Gasteiger partial charge in [0.15, 0.2) is 0 Å². The minimum Gasteiger partial charge on any atom is -0.381 e. The first kappa shape index (κ1) is 15.8. The van der Waals surface area contributed by atoms with Crippen LogP contribution in [0.4, 0.5) is 0 Å². The molecule has 1 atom stereocenters. The topological polar surface area (TPSA) is 12.5 Å². The smallest absolute Gasteiger partial charge is 0.0507 e. The summed E-state index contributed by atoms with van der Waals surface area (Å²) < 4.78 is 5.59. The van der Waals surface area contributed by atoms with Crippen LogP contribution in [0, 0.1) is 5.92 Å². The van der Waals surface area contributed by atoms with Crippen LogP contribution < -0.4 is 0 Å². The second kappa shape index (κ2) is 6.93. The highest BCUT2D eigenvalue weighted by atomic mass is 35.5. The SMILES string of the molecule is CCOCC1CN(CCc2cccc(Cl)c2)C(C)(C)C1. The molecule has 2 rings (SSSR count). The Morgan fingerprint density at radius 2 is 2.20 bits per heavy atom. The van der Waals surface area contributed by atoms with Crippen molar-refractivity contribution in [1.29, 1.82) is 0 Å². The van der Waals surface area contributed by atoms with Crippen LogP contribution in [0.15, 0.2) is 24.3 Å². The van der Waals surface area contributed by atoms with Crippen molar-refractivity contribution in [2.24, 2.45) is 5.92 Å². The molecule has 1 unspecified atom stereocenters. The van der Waals surface area contributed by atoms with E-state index in [4.69, 9.17) is 16.3 Å². The predicted octanol–water partition coefficient (Wildman–Crippen LogP) is 4.02. The standard InChI is InChI=1S/C17H26ClNO/c1-4-20-13-15-11-17(2,3)19(12-15)9-8-14-6-5-7-16(18)10-14/h5-7,10,15H,4,8-9,11-13H2,1-3H3. The van der Waals surface area contributed by atoms with Crippen molar-refractivity contribution in [3.05, 3.63) is 34.9 Å². The third kappa shape index (κ3) is 4.21. The summed E-state index contributed by atoms with van der Waals surface area (Å²) in [5.74, 6) is 0.671. The Labute approximate surface area is 128 Å². The molecule has 0 aromatic heterocycles. The minimum absolute atomic E-state index is 0.278. The Balaban J connectivity index is 1.88. The summed E-state index contributed by atoms with van der Waals surface area (Å²) in [5, 5.41) is 0.831. The largest absolute Gasteiger partial charge is 0.381 e. The van der Waals surface area contributed by atoms with Gasteiger partial charge in [-0.3, -0.25) is 4.90 Å². The Bertz CT molecular complexity index is 433. The molecule has 0 aliphatic carbocycles. The Hall–Kier alpha value is -0.570. The zero-order chi connectivity index (χ0) is 14.6. The lowest BCUT2D eigenvalue weighted by atomic mass is 9.97. The van der Waals surface area contributed by atoms with Gasteiger partial charge in [-0.05, 0) is 57.2 Å². The van der Waals surface area contributed by atoms with E-state index in [1.54, 1.807) is 0 Å². The molecule has 1 aliphatic heterocycles. The van der Waals surface area contributed by atoms with Crippen molar-refractivity contribution in [1.82, 2.24) is 4.90 Å². The molecule has 1 aromatic carbocycles. The van der Waals surface area contributed by atoms with Crippen molar-refractivity contribution < 1.29 is 4.74 Å². The second-order valence-electron chi connectivity index (χ2n) is 6.37. The Morgan fingerprint density at radius 3 is 2.90 bits per heavy atom. The van der Waals surface area contributed by atoms with Crippen molar-refractivity contribution in [3.63, 3.8) is 0 Å². The number of hydrogen-bond acceptors (Lipinski definition) is 2. The zero-order valence-electron chi connectivity index (χ0n) is 12.9. The number of likely N-dealkylation sites (tertiary alicyclic amines) is 1. The van der Waals surface area contributed by atoms with Gasteiger partial charge in [0, 0.05) is 30.3 Å². The van der Waals surface area contributed by atoms with Crippen molar-refractivity contribution in [3.8, 4) is 0 Å². The van der Waals surface area contributed by atoms with Gasteiger partial charge in [0.05, 0.1) is 6.61 Å². The quantitative estimate of drug-likeness (QED) is 0.786. The van der Waals surface area contributed by atoms with Gasteiger partial charge in [-0.1, -0.05) is 23.7 Å². The Morgan fingerprint density at radius 1 is 1.40 bits per heavy atom. The lowest BCUT2D eigenvalue weighted by Gasteiger charge is -2.31. The molecule has 0 amide bonds. The number of nitrogens with zero attached hydrogens (tertiary/aromatic N) is 1. The van der Waals surface area contributed by atoms with E-state index in [1.165, 1.54) is 12.0 Å². The number of hydrogen-bond donors (Lipinski definition) is 0. The minimum atomic E-state index is 0.278. The zero-order valence-corrected chi connectivity index (χ0v) is 13.6. The van der Waals surface area contributed by atoms with Crippen LogP contribution in [0.3, 0.4) is 0 Å². The summed E-state index contributed by atoms with van der Waals surface area (Å²) in [6.07, 6.45) is 2.29. The fraction of sp³-hybridized carbons (Fsp3) is 0.647. The van der Waals surface area contributed by atoms with Crippen molar-refractivity contribution >= 4 is 11.6 Å². The van der Waals surface area contributed by atoms with Gasteiger partial charge < -0.3 is 4.74 Å². The predicted molar refractivity (Wildman–Crippen MR) is 85.4 cm³/mol. The summed E-state index contributed by atoms with van der Waals surface area (Å²) in [5.41, 5.74) is 1.60. The average molecular weight is 296 g/mol. The average Bonchev–Trinajstić information content (AvgIpc) is 2.68. The third-order valence-corrected chi connectivity index (χ3v) is 4.48. The van der Waals surface area contributed by atoms with Crippen LogP contribution in [-0.2, 0) is 11.2 Å². The second-order valence-corrected chi connectivity index (χ2v) is 6.80. The third-order valence-electron chi connectivity index (χ3n) is 4.24. The van der Waals surface area contributed by atoms with Gasteiger partial charge in [-0.15, -0.1) is 0 Å². The molecule has 1 heterocycles. The van der Waals surface area contributed by atoms with E-state index in [0.717, 1.165) is 37.7 Å². The molecule has 20 heavy (non-hydrogen) atoms. The summed E-state index contributed by atoms with van der Waals surface area (Å²) in [4.78, 5) is 2.59. The highest BCUT2D eigenvalue weighted by Crippen LogP contribution is 2.32. The Kier molecular flexibility index (Phi) is 5.48. The van der Waals surface area contributed by atoms with Gasteiger partial charge in [-0.2, -0.15) is 0 Å². The van der Waals surface area contributed by atoms with Crippen LogP contribution in [0.25, 0.3) is 0 Å². The molecule has 2 nitrogen and oxygen atoms in total. The molecule has 3 heteroatoms. The molecule has 112 valence electrons. The van der Waals surface area contributed by atoms with Gasteiger partial charge >= 0.3 is 0 Å². The summed E-state index contributed by atoms with van der Waals surface area (Å²) in [6.45, 7) is 10.7. The normalized spacial score (nSPS) is 22.3. The first-order valence-electron chi connectivity index (χ1n) is 7.58. The summed E-state index contributed by atoms with van der Waals surface area (Å²) in [6, 6.07) is 8.20. The molecule has 1 fully saturated rings. The van der Waals surface area contributed by atoms with E-state index in [9.17, 15) is 0 Å². The van der Waals surface area contributed by atoms with Gasteiger partial charge in [0.1, 0.15) is 0 Å². The summed E-state index contributed by atoms with van der Waals surface area (Å²) in [7, 11) is 0. The molecular formula is C17H26ClNO. The molecule has 1 aromatic rings. The van der Waals surface area contributed by atoms with E-state index in [1.807, 2.05) is 12.1 Å². The van der Waals surface area contributed by atoms with E-state index in [2.05, 4.69) is 37.8 Å². The number of rotatable bonds is 6.